The Balaban J connectivity index is 3.16. The Bertz CT molecular complexity index is 66.1. The van der Waals surface area contributed by atoms with Crippen LogP contribution in [0.1, 0.15) is 26.2 Å². The van der Waals surface area contributed by atoms with Crippen molar-refractivity contribution in [2.45, 2.75) is 38.7 Å². The summed E-state index contributed by atoms with van der Waals surface area (Å²) in [7, 11) is 0. The van der Waals surface area contributed by atoms with Gasteiger partial charge in [0.1, 0.15) is 0 Å². The molecule has 0 saturated carbocycles. The maximum absolute atomic E-state index is 11.6. The Kier molecular flexibility index (Phi) is 4.58. The number of rotatable bonds is 4. The third-order valence-electron chi connectivity index (χ3n) is 1.21. The average Bonchev–Trinajstić information content (AvgIpc) is 1.82. The van der Waals surface area contributed by atoms with E-state index in [1.165, 1.54) is 0 Å². The number of unbranched alkanes of at least 4 members (excludes halogenated alkanes) is 1. The lowest BCUT2D eigenvalue weighted by molar-refractivity contribution is 0.111. The van der Waals surface area contributed by atoms with Gasteiger partial charge in [0.25, 0.3) is 6.43 Å². The lowest BCUT2D eigenvalue weighted by Crippen LogP contribution is -2.28. The predicted molar refractivity (Wildman–Crippen MR) is 33.5 cm³/mol. The second kappa shape index (κ2) is 4.68. The molecule has 56 valence electrons. The first-order valence-electron chi connectivity index (χ1n) is 3.22. The van der Waals surface area contributed by atoms with Gasteiger partial charge in [-0.25, -0.2) is 8.78 Å². The van der Waals surface area contributed by atoms with Crippen LogP contribution in [0.5, 0.6) is 0 Å². The van der Waals surface area contributed by atoms with Gasteiger partial charge in [-0.2, -0.15) is 0 Å². The molecule has 0 radical (unpaired) electrons. The predicted octanol–water partition coefficient (Wildman–Crippen LogP) is 1.77. The smallest absolute Gasteiger partial charge is 0.253 e. The van der Waals surface area contributed by atoms with Crippen LogP contribution in [-0.4, -0.2) is 12.5 Å². The molecule has 0 bridgehead atoms. The zero-order chi connectivity index (χ0) is 7.28. The van der Waals surface area contributed by atoms with Gasteiger partial charge in [-0.15, -0.1) is 0 Å². The summed E-state index contributed by atoms with van der Waals surface area (Å²) >= 11 is 0. The molecule has 0 aromatic carbocycles. The van der Waals surface area contributed by atoms with Crippen molar-refractivity contribution in [3.8, 4) is 0 Å². The standard InChI is InChI=1S/C6H13F2N/c1-2-3-4-5(9)6(7)8/h5-6H,2-4,9H2,1H3. The molecule has 0 aliphatic rings. The summed E-state index contributed by atoms with van der Waals surface area (Å²) in [5, 5.41) is 0. The van der Waals surface area contributed by atoms with Gasteiger partial charge in [0.15, 0.2) is 0 Å². The molecule has 1 unspecified atom stereocenters. The van der Waals surface area contributed by atoms with Gasteiger partial charge in [0.2, 0.25) is 0 Å². The molecule has 0 spiro atoms. The zero-order valence-electron chi connectivity index (χ0n) is 5.61. The minimum absolute atomic E-state index is 0.439. The molecule has 0 aromatic heterocycles. The largest absolute Gasteiger partial charge is 0.323 e. The van der Waals surface area contributed by atoms with Crippen molar-refractivity contribution in [2.75, 3.05) is 0 Å². The molecule has 0 amide bonds. The SMILES string of the molecule is CCCCC(N)C(F)F. The van der Waals surface area contributed by atoms with Crippen molar-refractivity contribution in [3.05, 3.63) is 0 Å². The van der Waals surface area contributed by atoms with E-state index in [-0.39, 0.29) is 0 Å². The van der Waals surface area contributed by atoms with Crippen molar-refractivity contribution in [1.82, 2.24) is 0 Å². The molecule has 2 N–H and O–H groups in total. The topological polar surface area (TPSA) is 26.0 Å². The molecule has 1 atom stereocenters. The van der Waals surface area contributed by atoms with Crippen LogP contribution in [0.15, 0.2) is 0 Å². The minimum atomic E-state index is -2.35. The molecule has 0 heterocycles. The molecule has 0 aliphatic carbocycles. The summed E-state index contributed by atoms with van der Waals surface area (Å²) in [6, 6.07) is -0.912. The lowest BCUT2D eigenvalue weighted by Gasteiger charge is -2.07. The number of nitrogens with two attached hydrogens (primary N) is 1. The van der Waals surface area contributed by atoms with Crippen LogP contribution >= 0.6 is 0 Å². The van der Waals surface area contributed by atoms with Crippen molar-refractivity contribution in [3.63, 3.8) is 0 Å². The maximum atomic E-state index is 11.6. The molecule has 0 fully saturated rings. The van der Waals surface area contributed by atoms with Gasteiger partial charge >= 0.3 is 0 Å². The molecule has 0 aliphatic heterocycles. The Morgan fingerprint density at radius 1 is 1.44 bits per heavy atom. The Hall–Kier alpha value is -0.180. The van der Waals surface area contributed by atoms with Crippen LogP contribution < -0.4 is 5.73 Å². The lowest BCUT2D eigenvalue weighted by atomic mass is 10.1. The van der Waals surface area contributed by atoms with E-state index in [4.69, 9.17) is 5.73 Å². The molecule has 9 heavy (non-hydrogen) atoms. The highest BCUT2D eigenvalue weighted by Crippen LogP contribution is 2.05. The van der Waals surface area contributed by atoms with E-state index in [1.807, 2.05) is 6.92 Å². The van der Waals surface area contributed by atoms with Crippen LogP contribution in [0, 0.1) is 0 Å². The highest BCUT2D eigenvalue weighted by Gasteiger charge is 2.12. The molecule has 0 saturated heterocycles. The van der Waals surface area contributed by atoms with Crippen LogP contribution in [0.25, 0.3) is 0 Å². The number of hydrogen-bond donors (Lipinski definition) is 1. The first kappa shape index (κ1) is 8.82. The summed E-state index contributed by atoms with van der Waals surface area (Å²) in [6.07, 6.45) is -0.184. The summed E-state index contributed by atoms with van der Waals surface area (Å²) in [5.74, 6) is 0. The van der Waals surface area contributed by atoms with Crippen molar-refractivity contribution in [1.29, 1.82) is 0 Å². The van der Waals surface area contributed by atoms with Crippen molar-refractivity contribution < 1.29 is 8.78 Å². The Labute approximate surface area is 54.2 Å². The van der Waals surface area contributed by atoms with Crippen LogP contribution in [0.2, 0.25) is 0 Å². The molecular weight excluding hydrogens is 124 g/mol. The van der Waals surface area contributed by atoms with Crippen LogP contribution in [0.4, 0.5) is 8.78 Å². The fourth-order valence-corrected chi connectivity index (χ4v) is 0.566. The van der Waals surface area contributed by atoms with E-state index in [1.54, 1.807) is 0 Å². The Morgan fingerprint density at radius 3 is 2.33 bits per heavy atom. The van der Waals surface area contributed by atoms with Crippen molar-refractivity contribution in [2.24, 2.45) is 5.73 Å². The van der Waals surface area contributed by atoms with Gasteiger partial charge in [-0.05, 0) is 6.42 Å². The molecular formula is C6H13F2N. The van der Waals surface area contributed by atoms with Gasteiger partial charge in [-0.1, -0.05) is 19.8 Å². The van der Waals surface area contributed by atoms with E-state index in [0.717, 1.165) is 12.8 Å². The van der Waals surface area contributed by atoms with Gasteiger partial charge in [0, 0.05) is 0 Å². The first-order chi connectivity index (χ1) is 4.18. The molecule has 1 nitrogen and oxygen atoms in total. The van der Waals surface area contributed by atoms with Crippen molar-refractivity contribution >= 4 is 0 Å². The summed E-state index contributed by atoms with van der Waals surface area (Å²) in [4.78, 5) is 0. The summed E-state index contributed by atoms with van der Waals surface area (Å²) in [6.45, 7) is 1.96. The zero-order valence-corrected chi connectivity index (χ0v) is 5.61. The van der Waals surface area contributed by atoms with E-state index < -0.39 is 12.5 Å². The van der Waals surface area contributed by atoms with Crippen LogP contribution in [-0.2, 0) is 0 Å². The summed E-state index contributed by atoms with van der Waals surface area (Å²) < 4.78 is 23.3. The van der Waals surface area contributed by atoms with E-state index in [0.29, 0.717) is 6.42 Å². The number of hydrogen-bond acceptors (Lipinski definition) is 1. The monoisotopic (exact) mass is 137 g/mol. The quantitative estimate of drug-likeness (QED) is 0.627. The van der Waals surface area contributed by atoms with Gasteiger partial charge in [0.05, 0.1) is 6.04 Å². The minimum Gasteiger partial charge on any atom is -0.323 e. The second-order valence-electron chi connectivity index (χ2n) is 2.14. The highest BCUT2D eigenvalue weighted by molar-refractivity contribution is 4.62. The number of alkyl halides is 2. The summed E-state index contributed by atoms with van der Waals surface area (Å²) in [5.41, 5.74) is 5.05. The van der Waals surface area contributed by atoms with E-state index in [9.17, 15) is 8.78 Å². The molecule has 3 heteroatoms. The second-order valence-corrected chi connectivity index (χ2v) is 2.14. The molecule has 0 rings (SSSR count). The highest BCUT2D eigenvalue weighted by atomic mass is 19.3. The third-order valence-corrected chi connectivity index (χ3v) is 1.21. The van der Waals surface area contributed by atoms with E-state index in [2.05, 4.69) is 0 Å². The van der Waals surface area contributed by atoms with E-state index >= 15 is 0 Å². The fraction of sp³-hybridized carbons (Fsp3) is 1.00. The number of halogens is 2. The normalized spacial score (nSPS) is 14.3. The van der Waals surface area contributed by atoms with Gasteiger partial charge in [-0.3, -0.25) is 0 Å². The first-order valence-corrected chi connectivity index (χ1v) is 3.22. The van der Waals surface area contributed by atoms with Crippen LogP contribution in [0.3, 0.4) is 0 Å². The average molecular weight is 137 g/mol. The fourth-order valence-electron chi connectivity index (χ4n) is 0.566. The molecule has 0 aromatic rings. The third kappa shape index (κ3) is 4.33. The van der Waals surface area contributed by atoms with Gasteiger partial charge < -0.3 is 5.73 Å². The maximum Gasteiger partial charge on any atom is 0.253 e. The Morgan fingerprint density at radius 2 is 2.00 bits per heavy atom.